The fourth-order valence-corrected chi connectivity index (χ4v) is 1.41. The van der Waals surface area contributed by atoms with E-state index >= 15 is 0 Å². The molecule has 0 saturated heterocycles. The molecule has 0 aliphatic carbocycles. The first kappa shape index (κ1) is 16.6. The summed E-state index contributed by atoms with van der Waals surface area (Å²) < 4.78 is 19.4. The van der Waals surface area contributed by atoms with Gasteiger partial charge in [0, 0.05) is 0 Å². The minimum atomic E-state index is -4.51. The second-order valence-electron chi connectivity index (χ2n) is 3.64. The van der Waals surface area contributed by atoms with Crippen molar-refractivity contribution in [3.05, 3.63) is 12.3 Å². The molecule has 0 fully saturated rings. The summed E-state index contributed by atoms with van der Waals surface area (Å²) in [6.45, 7) is 1.62. The summed E-state index contributed by atoms with van der Waals surface area (Å²) >= 11 is 0. The van der Waals surface area contributed by atoms with Gasteiger partial charge in [0.05, 0.1) is 12.9 Å². The molecule has 17 heavy (non-hydrogen) atoms. The number of aliphatic hydroxyl groups is 1. The van der Waals surface area contributed by atoms with E-state index in [2.05, 4.69) is 11.4 Å². The van der Waals surface area contributed by atoms with Crippen molar-refractivity contribution in [2.45, 2.75) is 38.7 Å². The summed E-state index contributed by atoms with van der Waals surface area (Å²) in [6.07, 6.45) is 6.63. The smallest absolute Gasteiger partial charge is 0.469 e. The van der Waals surface area contributed by atoms with Gasteiger partial charge in [-0.2, -0.15) is 0 Å². The molecule has 0 unspecified atom stereocenters. The fraction of sp³-hybridized carbons (Fsp3) is 0.800. The predicted octanol–water partition coefficient (Wildman–Crippen LogP) is 1.57. The predicted molar refractivity (Wildman–Crippen MR) is 63.2 cm³/mol. The van der Waals surface area contributed by atoms with Gasteiger partial charge in [-0.3, -0.25) is 4.52 Å². The summed E-state index contributed by atoms with van der Waals surface area (Å²) in [5.41, 5.74) is 0. The van der Waals surface area contributed by atoms with Crippen molar-refractivity contribution >= 4 is 7.82 Å². The van der Waals surface area contributed by atoms with E-state index < -0.39 is 20.5 Å². The first-order valence-corrected chi connectivity index (χ1v) is 7.13. The van der Waals surface area contributed by atoms with Crippen LogP contribution in [0.25, 0.3) is 0 Å². The molecule has 0 spiro atoms. The largest absolute Gasteiger partial charge is 0.499 e. The van der Waals surface area contributed by atoms with Crippen molar-refractivity contribution in [2.24, 2.45) is 0 Å². The quantitative estimate of drug-likeness (QED) is 0.316. The fourth-order valence-electron chi connectivity index (χ4n) is 1.05. The van der Waals surface area contributed by atoms with Crippen molar-refractivity contribution in [3.8, 4) is 0 Å². The zero-order chi connectivity index (χ0) is 13.1. The summed E-state index contributed by atoms with van der Waals surface area (Å²) in [7, 11) is -4.51. The van der Waals surface area contributed by atoms with E-state index in [1.807, 2.05) is 6.08 Å². The van der Waals surface area contributed by atoms with E-state index in [-0.39, 0.29) is 6.61 Å². The molecule has 6 nitrogen and oxygen atoms in total. The van der Waals surface area contributed by atoms with E-state index in [1.54, 1.807) is 0 Å². The van der Waals surface area contributed by atoms with Gasteiger partial charge >= 0.3 is 7.82 Å². The van der Waals surface area contributed by atoms with Crippen LogP contribution < -0.4 is 0 Å². The SMILES string of the molecule is CCCCC/C=C\OC[C@@H](O)COP(=O)(O)O. The number of ether oxygens (including phenoxy) is 1. The number of aliphatic hydroxyl groups excluding tert-OH is 1. The molecule has 0 radical (unpaired) electrons. The second kappa shape index (κ2) is 9.62. The Bertz CT molecular complexity index is 249. The second-order valence-corrected chi connectivity index (χ2v) is 4.88. The van der Waals surface area contributed by atoms with Crippen LogP contribution in [-0.4, -0.2) is 34.2 Å². The number of hydrogen-bond donors (Lipinski definition) is 3. The van der Waals surface area contributed by atoms with Crippen molar-refractivity contribution in [1.82, 2.24) is 0 Å². The maximum absolute atomic E-state index is 10.3. The molecule has 0 rings (SSSR count). The van der Waals surface area contributed by atoms with Crippen molar-refractivity contribution < 1.29 is 28.7 Å². The number of allylic oxidation sites excluding steroid dienone is 1. The van der Waals surface area contributed by atoms with Gasteiger partial charge in [0.25, 0.3) is 0 Å². The lowest BCUT2D eigenvalue weighted by molar-refractivity contribution is 0.0357. The van der Waals surface area contributed by atoms with Crippen LogP contribution >= 0.6 is 7.82 Å². The molecule has 0 aromatic heterocycles. The van der Waals surface area contributed by atoms with E-state index in [0.29, 0.717) is 0 Å². The number of phosphoric acid groups is 1. The van der Waals surface area contributed by atoms with Gasteiger partial charge in [-0.05, 0) is 18.9 Å². The zero-order valence-corrected chi connectivity index (χ0v) is 10.9. The van der Waals surface area contributed by atoms with Crippen LogP contribution in [-0.2, 0) is 13.8 Å². The Morgan fingerprint density at radius 2 is 2.00 bits per heavy atom. The number of hydrogen-bond acceptors (Lipinski definition) is 4. The van der Waals surface area contributed by atoms with Gasteiger partial charge in [-0.15, -0.1) is 0 Å². The minimum Gasteiger partial charge on any atom is -0.499 e. The van der Waals surface area contributed by atoms with Crippen LogP contribution in [0.15, 0.2) is 12.3 Å². The molecule has 0 aromatic carbocycles. The van der Waals surface area contributed by atoms with E-state index in [9.17, 15) is 9.67 Å². The van der Waals surface area contributed by atoms with Crippen LogP contribution in [0.1, 0.15) is 32.6 Å². The molecule has 0 aliphatic heterocycles. The molecule has 7 heteroatoms. The Hall–Kier alpha value is -0.390. The normalized spacial score (nSPS) is 14.1. The van der Waals surface area contributed by atoms with Crippen molar-refractivity contribution in [1.29, 1.82) is 0 Å². The molecular weight excluding hydrogens is 247 g/mol. The molecular formula is C10H21O6P. The lowest BCUT2D eigenvalue weighted by Gasteiger charge is -2.10. The Morgan fingerprint density at radius 3 is 2.59 bits per heavy atom. The Kier molecular flexibility index (Phi) is 9.40. The highest BCUT2D eigenvalue weighted by Gasteiger charge is 2.16. The summed E-state index contributed by atoms with van der Waals surface area (Å²) in [6, 6.07) is 0. The van der Waals surface area contributed by atoms with Gasteiger partial charge in [0.1, 0.15) is 12.7 Å². The van der Waals surface area contributed by atoms with Crippen LogP contribution in [0.4, 0.5) is 0 Å². The van der Waals surface area contributed by atoms with Crippen LogP contribution in [0, 0.1) is 0 Å². The highest BCUT2D eigenvalue weighted by molar-refractivity contribution is 7.46. The van der Waals surface area contributed by atoms with Gasteiger partial charge in [-0.1, -0.05) is 19.8 Å². The average Bonchev–Trinajstić information content (AvgIpc) is 2.24. The third-order valence-electron chi connectivity index (χ3n) is 1.89. The maximum Gasteiger partial charge on any atom is 0.469 e. The Balaban J connectivity index is 3.44. The lowest BCUT2D eigenvalue weighted by Crippen LogP contribution is -2.19. The van der Waals surface area contributed by atoms with Gasteiger partial charge in [-0.25, -0.2) is 4.57 Å². The van der Waals surface area contributed by atoms with Crippen molar-refractivity contribution in [3.63, 3.8) is 0 Å². The third kappa shape index (κ3) is 13.5. The first-order chi connectivity index (χ1) is 7.95. The number of phosphoric ester groups is 1. The Labute approximate surface area is 101 Å². The molecule has 0 amide bonds. The first-order valence-electron chi connectivity index (χ1n) is 5.60. The molecule has 0 saturated carbocycles. The molecule has 3 N–H and O–H groups in total. The van der Waals surface area contributed by atoms with Gasteiger partial charge in [0.15, 0.2) is 0 Å². The molecule has 0 aromatic rings. The monoisotopic (exact) mass is 268 g/mol. The topological polar surface area (TPSA) is 96.2 Å². The van der Waals surface area contributed by atoms with E-state index in [0.717, 1.165) is 19.3 Å². The summed E-state index contributed by atoms with van der Waals surface area (Å²) in [4.78, 5) is 16.8. The highest BCUT2D eigenvalue weighted by atomic mass is 31.2. The van der Waals surface area contributed by atoms with E-state index in [1.165, 1.54) is 12.7 Å². The van der Waals surface area contributed by atoms with Gasteiger partial charge < -0.3 is 19.6 Å². The van der Waals surface area contributed by atoms with Crippen LogP contribution in [0.5, 0.6) is 0 Å². The highest BCUT2D eigenvalue weighted by Crippen LogP contribution is 2.35. The summed E-state index contributed by atoms with van der Waals surface area (Å²) in [5, 5.41) is 9.23. The summed E-state index contributed by atoms with van der Waals surface area (Å²) in [5.74, 6) is 0. The number of unbranched alkanes of at least 4 members (excludes halogenated alkanes) is 3. The molecule has 1 atom stereocenters. The maximum atomic E-state index is 10.3. The van der Waals surface area contributed by atoms with Crippen molar-refractivity contribution in [2.75, 3.05) is 13.2 Å². The molecule has 0 bridgehead atoms. The number of rotatable bonds is 10. The van der Waals surface area contributed by atoms with Crippen LogP contribution in [0.3, 0.4) is 0 Å². The molecule has 0 aliphatic rings. The van der Waals surface area contributed by atoms with Gasteiger partial charge in [0.2, 0.25) is 0 Å². The third-order valence-corrected chi connectivity index (χ3v) is 2.38. The minimum absolute atomic E-state index is 0.0513. The van der Waals surface area contributed by atoms with E-state index in [4.69, 9.17) is 14.5 Å². The van der Waals surface area contributed by atoms with Crippen LogP contribution in [0.2, 0.25) is 0 Å². The average molecular weight is 268 g/mol. The zero-order valence-electron chi connectivity index (χ0n) is 9.99. The standard InChI is InChI=1S/C10H21O6P/c1-2-3-4-5-6-7-15-8-10(11)9-16-17(12,13)14/h6-7,10-11H,2-5,8-9H2,1H3,(H2,12,13,14)/b7-6-/t10-/m1/s1. The molecule has 102 valence electrons. The lowest BCUT2D eigenvalue weighted by atomic mass is 10.2. The molecule has 0 heterocycles. The Morgan fingerprint density at radius 1 is 1.29 bits per heavy atom.